The molecule has 1 aliphatic heterocycles. The third kappa shape index (κ3) is 5.86. The second-order valence-corrected chi connectivity index (χ2v) is 10.8. The van der Waals surface area contributed by atoms with Gasteiger partial charge in [-0.05, 0) is 53.1 Å². The number of alkyl halides is 3. The molecule has 1 fully saturated rings. The molecule has 6 rings (SSSR count). The number of β-amino-alcohol motifs (C(OH)–C–C–N with tert-alkyl or cyclic N) is 1. The minimum Gasteiger partial charge on any atom is -0.390 e. The molecule has 8 heteroatoms. The van der Waals surface area contributed by atoms with Crippen LogP contribution >= 0.6 is 0 Å². The van der Waals surface area contributed by atoms with E-state index in [2.05, 4.69) is 14.4 Å². The van der Waals surface area contributed by atoms with Crippen molar-refractivity contribution in [2.24, 2.45) is 0 Å². The number of nitrogens with zero attached hydrogens (tertiary/aromatic N) is 3. The molecule has 1 atom stereocenters. The Bertz CT molecular complexity index is 1650. The monoisotopic (exact) mass is 561 g/mol. The number of para-hydroxylation sites is 1. The van der Waals surface area contributed by atoms with E-state index < -0.39 is 17.8 Å². The van der Waals surface area contributed by atoms with Crippen molar-refractivity contribution in [1.82, 2.24) is 14.4 Å². The molecule has 1 saturated heterocycles. The van der Waals surface area contributed by atoms with Gasteiger partial charge in [-0.15, -0.1) is 0 Å². The number of hydrogen-bond acceptors (Lipinski definition) is 3. The lowest BCUT2D eigenvalue weighted by molar-refractivity contribution is -0.137. The second-order valence-electron chi connectivity index (χ2n) is 10.8. The summed E-state index contributed by atoms with van der Waals surface area (Å²) in [7, 11) is 0. The first kappa shape index (κ1) is 27.4. The number of hydrogen-bond donors (Lipinski definition) is 1. The highest BCUT2D eigenvalue weighted by molar-refractivity contribution is 6.09. The molecule has 0 saturated carbocycles. The fourth-order valence-electron chi connectivity index (χ4n) is 5.94. The summed E-state index contributed by atoms with van der Waals surface area (Å²) in [6, 6.07) is 25.5. The van der Waals surface area contributed by atoms with E-state index >= 15 is 0 Å². The van der Waals surface area contributed by atoms with E-state index in [1.165, 1.54) is 24.3 Å². The summed E-state index contributed by atoms with van der Waals surface area (Å²) in [5.41, 5.74) is 2.90. The summed E-state index contributed by atoms with van der Waals surface area (Å²) >= 11 is 0. The fraction of sp³-hybridized carbons (Fsp3) is 0.273. The SMILES string of the molecule is OC(CN1CCN(Cc2ccc(F)cc2)CC1)Cn1c2ccccc2c2cc(-c3ccccc3C(F)(F)F)ccc21. The van der Waals surface area contributed by atoms with Gasteiger partial charge in [0.15, 0.2) is 0 Å². The molecular formula is C33H31F4N3O. The van der Waals surface area contributed by atoms with Crippen LogP contribution in [0.3, 0.4) is 0 Å². The molecule has 1 unspecified atom stereocenters. The Kier molecular flexibility index (Phi) is 7.55. The van der Waals surface area contributed by atoms with Crippen molar-refractivity contribution in [2.45, 2.75) is 25.4 Å². The van der Waals surface area contributed by atoms with Gasteiger partial charge in [-0.25, -0.2) is 4.39 Å². The Balaban J connectivity index is 1.19. The highest BCUT2D eigenvalue weighted by atomic mass is 19.4. The zero-order chi connectivity index (χ0) is 28.6. The first-order valence-corrected chi connectivity index (χ1v) is 13.8. The van der Waals surface area contributed by atoms with Crippen molar-refractivity contribution < 1.29 is 22.7 Å². The molecule has 212 valence electrons. The van der Waals surface area contributed by atoms with Crippen LogP contribution in [-0.2, 0) is 19.3 Å². The van der Waals surface area contributed by atoms with Crippen LogP contribution in [-0.4, -0.2) is 58.3 Å². The molecule has 41 heavy (non-hydrogen) atoms. The summed E-state index contributed by atoms with van der Waals surface area (Å²) in [4.78, 5) is 4.59. The first-order valence-electron chi connectivity index (χ1n) is 13.8. The molecule has 0 amide bonds. The second kappa shape index (κ2) is 11.3. The summed E-state index contributed by atoms with van der Waals surface area (Å²) in [6.07, 6.45) is -5.07. The van der Waals surface area contributed by atoms with Crippen LogP contribution in [0.2, 0.25) is 0 Å². The van der Waals surface area contributed by atoms with Gasteiger partial charge in [0.2, 0.25) is 0 Å². The minimum atomic E-state index is -4.45. The predicted octanol–water partition coefficient (Wildman–Crippen LogP) is 6.80. The van der Waals surface area contributed by atoms with Gasteiger partial charge >= 0.3 is 6.18 Å². The van der Waals surface area contributed by atoms with Crippen LogP contribution in [0.1, 0.15) is 11.1 Å². The summed E-state index contributed by atoms with van der Waals surface area (Å²) in [6.45, 7) is 5.05. The number of aliphatic hydroxyl groups is 1. The molecule has 0 radical (unpaired) electrons. The van der Waals surface area contributed by atoms with Crippen molar-refractivity contribution in [1.29, 1.82) is 0 Å². The van der Waals surface area contributed by atoms with Gasteiger partial charge in [-0.1, -0.05) is 54.6 Å². The lowest BCUT2D eigenvalue weighted by Crippen LogP contribution is -2.48. The summed E-state index contributed by atoms with van der Waals surface area (Å²) in [5.74, 6) is -0.233. The average molecular weight is 562 g/mol. The summed E-state index contributed by atoms with van der Waals surface area (Å²) in [5, 5.41) is 12.9. The van der Waals surface area contributed by atoms with E-state index in [0.717, 1.165) is 66.2 Å². The molecule has 1 N–H and O–H groups in total. The van der Waals surface area contributed by atoms with Crippen molar-refractivity contribution in [3.63, 3.8) is 0 Å². The number of benzene rings is 4. The Morgan fingerprint density at radius 1 is 0.707 bits per heavy atom. The minimum absolute atomic E-state index is 0.150. The Morgan fingerprint density at radius 2 is 1.37 bits per heavy atom. The molecule has 0 aliphatic carbocycles. The standard InChI is InChI=1S/C33H31F4N3O/c34-25-12-9-23(10-13-25)20-38-15-17-39(18-16-38)21-26(41)22-40-31-8-4-2-6-28(31)29-19-24(11-14-32(29)40)27-5-1-3-7-30(27)33(35,36)37/h1-14,19,26,41H,15-18,20-22H2. The number of rotatable bonds is 7. The quantitative estimate of drug-likeness (QED) is 0.222. The first-order chi connectivity index (χ1) is 19.8. The molecule has 0 spiro atoms. The van der Waals surface area contributed by atoms with Gasteiger partial charge in [0, 0.05) is 61.1 Å². The van der Waals surface area contributed by atoms with Crippen LogP contribution < -0.4 is 0 Å². The van der Waals surface area contributed by atoms with Gasteiger partial charge in [0.05, 0.1) is 18.2 Å². The van der Waals surface area contributed by atoms with Crippen molar-refractivity contribution in [2.75, 3.05) is 32.7 Å². The maximum atomic E-state index is 13.7. The van der Waals surface area contributed by atoms with Gasteiger partial charge < -0.3 is 9.67 Å². The fourth-order valence-corrected chi connectivity index (χ4v) is 5.94. The lowest BCUT2D eigenvalue weighted by atomic mass is 9.97. The topological polar surface area (TPSA) is 31.6 Å². The summed E-state index contributed by atoms with van der Waals surface area (Å²) < 4.78 is 56.4. The molecule has 2 heterocycles. The van der Waals surface area contributed by atoms with Crippen LogP contribution in [0.15, 0.2) is 91.0 Å². The molecule has 0 bridgehead atoms. The number of aromatic nitrogens is 1. The Morgan fingerprint density at radius 3 is 2.12 bits per heavy atom. The maximum Gasteiger partial charge on any atom is 0.417 e. The molecule has 1 aliphatic rings. The van der Waals surface area contributed by atoms with E-state index in [1.807, 2.05) is 48.5 Å². The number of piperazine rings is 1. The third-order valence-corrected chi connectivity index (χ3v) is 7.96. The lowest BCUT2D eigenvalue weighted by Gasteiger charge is -2.35. The van der Waals surface area contributed by atoms with Crippen molar-refractivity contribution in [3.8, 4) is 11.1 Å². The van der Waals surface area contributed by atoms with E-state index in [-0.39, 0.29) is 11.4 Å². The molecular weight excluding hydrogens is 530 g/mol. The maximum absolute atomic E-state index is 13.7. The zero-order valence-corrected chi connectivity index (χ0v) is 22.5. The number of aliphatic hydroxyl groups excluding tert-OH is 1. The van der Waals surface area contributed by atoms with Gasteiger partial charge in [-0.3, -0.25) is 9.80 Å². The normalized spacial score (nSPS) is 16.0. The van der Waals surface area contributed by atoms with E-state index in [4.69, 9.17) is 0 Å². The highest BCUT2D eigenvalue weighted by Crippen LogP contribution is 2.39. The van der Waals surface area contributed by atoms with Crippen LogP contribution in [0.4, 0.5) is 17.6 Å². The smallest absolute Gasteiger partial charge is 0.390 e. The molecule has 5 aromatic rings. The van der Waals surface area contributed by atoms with Gasteiger partial charge in [0.25, 0.3) is 0 Å². The van der Waals surface area contributed by atoms with Crippen LogP contribution in [0.25, 0.3) is 32.9 Å². The van der Waals surface area contributed by atoms with E-state index in [1.54, 1.807) is 12.1 Å². The number of fused-ring (bicyclic) bond motifs is 3. The molecule has 4 aromatic carbocycles. The van der Waals surface area contributed by atoms with Crippen molar-refractivity contribution >= 4 is 21.8 Å². The zero-order valence-electron chi connectivity index (χ0n) is 22.5. The van der Waals surface area contributed by atoms with Gasteiger partial charge in [-0.2, -0.15) is 13.2 Å². The van der Waals surface area contributed by atoms with E-state index in [9.17, 15) is 22.7 Å². The largest absolute Gasteiger partial charge is 0.417 e. The Labute approximate surface area is 236 Å². The average Bonchev–Trinajstić information content (AvgIpc) is 3.27. The van der Waals surface area contributed by atoms with Crippen LogP contribution in [0, 0.1) is 5.82 Å². The van der Waals surface area contributed by atoms with Gasteiger partial charge in [0.1, 0.15) is 5.82 Å². The van der Waals surface area contributed by atoms with E-state index in [0.29, 0.717) is 18.7 Å². The third-order valence-electron chi connectivity index (χ3n) is 7.96. The predicted molar refractivity (Wildman–Crippen MR) is 154 cm³/mol. The highest BCUT2D eigenvalue weighted by Gasteiger charge is 2.33. The number of halogens is 4. The molecule has 1 aromatic heterocycles. The van der Waals surface area contributed by atoms with Crippen molar-refractivity contribution in [3.05, 3.63) is 108 Å². The van der Waals surface area contributed by atoms with Crippen LogP contribution in [0.5, 0.6) is 0 Å². The Hall–Kier alpha value is -3.72. The molecule has 4 nitrogen and oxygen atoms in total.